The van der Waals surface area contributed by atoms with E-state index in [2.05, 4.69) is 0 Å². The number of hydrogen-bond donors (Lipinski definition) is 3. The summed E-state index contributed by atoms with van der Waals surface area (Å²) in [5, 5.41) is 49.0. The molecule has 1 aliphatic carbocycles. The number of likely N-dealkylation sites (N-methyl/N-ethyl adjacent to an activating group) is 1. The van der Waals surface area contributed by atoms with Gasteiger partial charge in [0, 0.05) is 24.7 Å². The number of nitriles is 1. The Labute approximate surface area is 130 Å². The van der Waals surface area contributed by atoms with Gasteiger partial charge in [0.15, 0.2) is 11.3 Å². The molecule has 0 aromatic heterocycles. The van der Waals surface area contributed by atoms with E-state index in [4.69, 9.17) is 5.26 Å². The smallest absolute Gasteiger partial charge is 0.315 e. The van der Waals surface area contributed by atoms with Crippen molar-refractivity contribution in [3.05, 3.63) is 33.4 Å². The van der Waals surface area contributed by atoms with Crippen LogP contribution >= 0.6 is 0 Å². The Morgan fingerprint density at radius 2 is 2.04 bits per heavy atom. The lowest BCUT2D eigenvalue weighted by molar-refractivity contribution is -0.386. The fourth-order valence-corrected chi connectivity index (χ4v) is 2.03. The first-order valence-electron chi connectivity index (χ1n) is 6.59. The fraction of sp³-hybridized carbons (Fsp3) is 0.286. The number of aliphatic hydroxyl groups is 1. The van der Waals surface area contributed by atoms with Crippen molar-refractivity contribution >= 4 is 17.4 Å². The van der Waals surface area contributed by atoms with Gasteiger partial charge in [-0.25, -0.2) is 0 Å². The summed E-state index contributed by atoms with van der Waals surface area (Å²) in [6.07, 6.45) is 1.60. The first-order chi connectivity index (χ1) is 10.8. The predicted molar refractivity (Wildman–Crippen MR) is 77.4 cm³/mol. The van der Waals surface area contributed by atoms with Crippen LogP contribution in [0, 0.1) is 21.4 Å². The van der Waals surface area contributed by atoms with E-state index in [9.17, 15) is 30.2 Å². The van der Waals surface area contributed by atoms with Crippen LogP contribution in [0.5, 0.6) is 11.5 Å². The average Bonchev–Trinajstić information content (AvgIpc) is 3.33. The minimum absolute atomic E-state index is 0.00112. The molecule has 2 rings (SSSR count). The lowest BCUT2D eigenvalue weighted by Crippen LogP contribution is -2.30. The van der Waals surface area contributed by atoms with Crippen molar-refractivity contribution in [3.63, 3.8) is 0 Å². The maximum atomic E-state index is 12.2. The number of carbonyl (C=O) groups is 1. The van der Waals surface area contributed by atoms with Crippen LogP contribution < -0.4 is 0 Å². The fourth-order valence-electron chi connectivity index (χ4n) is 2.03. The van der Waals surface area contributed by atoms with Gasteiger partial charge in [0.2, 0.25) is 5.75 Å². The third-order valence-electron chi connectivity index (χ3n) is 3.52. The van der Waals surface area contributed by atoms with Crippen molar-refractivity contribution in [1.82, 2.24) is 4.90 Å². The van der Waals surface area contributed by atoms with Crippen molar-refractivity contribution < 1.29 is 25.0 Å². The third kappa shape index (κ3) is 3.01. The Hall–Kier alpha value is -3.28. The van der Waals surface area contributed by atoms with Gasteiger partial charge in [0.1, 0.15) is 11.8 Å². The summed E-state index contributed by atoms with van der Waals surface area (Å²) in [6, 6.07) is 3.17. The molecule has 0 atom stereocenters. The van der Waals surface area contributed by atoms with Gasteiger partial charge in [-0.15, -0.1) is 0 Å². The van der Waals surface area contributed by atoms with E-state index in [1.54, 1.807) is 6.07 Å². The molecule has 9 heteroatoms. The predicted octanol–water partition coefficient (Wildman–Crippen LogP) is 1.42. The molecule has 0 unspecified atom stereocenters. The van der Waals surface area contributed by atoms with Crippen LogP contribution in [-0.2, 0) is 4.79 Å². The molecule has 1 amide bonds. The van der Waals surface area contributed by atoms with Crippen LogP contribution in [0.4, 0.5) is 5.69 Å². The molecule has 3 N–H and O–H groups in total. The number of nitrogens with zero attached hydrogens (tertiary/aromatic N) is 3. The molecule has 120 valence electrons. The zero-order chi connectivity index (χ0) is 17.3. The normalized spacial score (nSPS) is 14.6. The Morgan fingerprint density at radius 3 is 2.52 bits per heavy atom. The number of aliphatic hydroxyl groups excluding tert-OH is 1. The van der Waals surface area contributed by atoms with Gasteiger partial charge in [-0.05, 0) is 18.9 Å². The van der Waals surface area contributed by atoms with Crippen LogP contribution in [0.25, 0.3) is 5.76 Å². The maximum Gasteiger partial charge on any atom is 0.315 e. The highest BCUT2D eigenvalue weighted by Gasteiger charge is 2.33. The highest BCUT2D eigenvalue weighted by atomic mass is 16.6. The molecule has 0 radical (unpaired) electrons. The van der Waals surface area contributed by atoms with E-state index in [1.165, 1.54) is 11.9 Å². The number of nitro groups is 1. The first kappa shape index (κ1) is 16.1. The van der Waals surface area contributed by atoms with Gasteiger partial charge in [0.25, 0.3) is 5.91 Å². The van der Waals surface area contributed by atoms with Crippen molar-refractivity contribution in [1.29, 1.82) is 5.26 Å². The zero-order valence-electron chi connectivity index (χ0n) is 12.1. The first-order valence-corrected chi connectivity index (χ1v) is 6.59. The minimum Gasteiger partial charge on any atom is -0.506 e. The summed E-state index contributed by atoms with van der Waals surface area (Å²) in [4.78, 5) is 23.4. The lowest BCUT2D eigenvalue weighted by Gasteiger charge is -2.16. The third-order valence-corrected chi connectivity index (χ3v) is 3.52. The van der Waals surface area contributed by atoms with Gasteiger partial charge in [-0.1, -0.05) is 0 Å². The van der Waals surface area contributed by atoms with Crippen molar-refractivity contribution in [3.8, 4) is 17.6 Å². The van der Waals surface area contributed by atoms with E-state index in [0.29, 0.717) is 0 Å². The van der Waals surface area contributed by atoms with Crippen LogP contribution in [0.15, 0.2) is 17.7 Å². The number of phenols is 2. The highest BCUT2D eigenvalue weighted by molar-refractivity contribution is 6.03. The molecular weight excluding hydrogens is 306 g/mol. The summed E-state index contributed by atoms with van der Waals surface area (Å²) in [7, 11) is 1.49. The average molecular weight is 319 g/mol. The Balaban J connectivity index is 2.52. The second-order valence-corrected chi connectivity index (χ2v) is 5.10. The zero-order valence-corrected chi connectivity index (χ0v) is 12.1. The molecule has 0 heterocycles. The molecule has 1 aromatic carbocycles. The highest BCUT2D eigenvalue weighted by Crippen LogP contribution is 2.38. The molecule has 1 saturated carbocycles. The summed E-state index contributed by atoms with van der Waals surface area (Å²) in [6.45, 7) is 0. The topological polar surface area (TPSA) is 148 Å². The molecular formula is C14H13N3O6. The van der Waals surface area contributed by atoms with Gasteiger partial charge in [0.05, 0.1) is 4.92 Å². The van der Waals surface area contributed by atoms with Crippen molar-refractivity contribution in [2.24, 2.45) is 0 Å². The number of benzene rings is 1. The van der Waals surface area contributed by atoms with Crippen molar-refractivity contribution in [2.45, 2.75) is 18.9 Å². The number of hydrogen-bond acceptors (Lipinski definition) is 7. The number of aromatic hydroxyl groups is 2. The lowest BCUT2D eigenvalue weighted by atomic mass is 10.1. The van der Waals surface area contributed by atoms with Crippen LogP contribution in [-0.4, -0.2) is 44.1 Å². The second-order valence-electron chi connectivity index (χ2n) is 5.10. The SMILES string of the molecule is CN(C(=O)/C(C#N)=C(\O)c1cc(O)c(O)c([N+](=O)[O-])c1)C1CC1. The monoisotopic (exact) mass is 319 g/mol. The Bertz CT molecular complexity index is 761. The molecule has 1 aliphatic rings. The van der Waals surface area contributed by atoms with E-state index < -0.39 is 39.3 Å². The minimum atomic E-state index is -0.966. The standard InChI is InChI=1S/C14H13N3O6/c1-16(8-2-3-8)14(21)9(6-15)12(19)7-4-10(17(22)23)13(20)11(18)5-7/h4-5,8,18-20H,2-3H2,1H3/b12-9-. The molecule has 0 bridgehead atoms. The van der Waals surface area contributed by atoms with E-state index in [-0.39, 0.29) is 11.6 Å². The number of rotatable bonds is 4. The summed E-state index contributed by atoms with van der Waals surface area (Å²) < 4.78 is 0. The molecule has 1 fully saturated rings. The number of nitro benzene ring substituents is 1. The molecule has 0 saturated heterocycles. The van der Waals surface area contributed by atoms with Gasteiger partial charge >= 0.3 is 5.69 Å². The van der Waals surface area contributed by atoms with Crippen LogP contribution in [0.3, 0.4) is 0 Å². The van der Waals surface area contributed by atoms with E-state index in [0.717, 1.165) is 25.0 Å². The van der Waals surface area contributed by atoms with Gasteiger partial charge in [-0.2, -0.15) is 5.26 Å². The molecule has 9 nitrogen and oxygen atoms in total. The van der Waals surface area contributed by atoms with Crippen LogP contribution in [0.2, 0.25) is 0 Å². The molecule has 1 aromatic rings. The second kappa shape index (κ2) is 5.84. The van der Waals surface area contributed by atoms with Crippen LogP contribution in [0.1, 0.15) is 18.4 Å². The largest absolute Gasteiger partial charge is 0.506 e. The van der Waals surface area contributed by atoms with Crippen molar-refractivity contribution in [2.75, 3.05) is 7.05 Å². The summed E-state index contributed by atoms with van der Waals surface area (Å²) in [5.41, 5.74) is -1.77. The molecule has 23 heavy (non-hydrogen) atoms. The summed E-state index contributed by atoms with van der Waals surface area (Å²) >= 11 is 0. The van der Waals surface area contributed by atoms with Gasteiger partial charge < -0.3 is 20.2 Å². The Morgan fingerprint density at radius 1 is 1.43 bits per heavy atom. The number of amides is 1. The quantitative estimate of drug-likeness (QED) is 0.190. The summed E-state index contributed by atoms with van der Waals surface area (Å²) in [5.74, 6) is -3.33. The molecule has 0 aliphatic heterocycles. The van der Waals surface area contributed by atoms with E-state index >= 15 is 0 Å². The Kier molecular flexibility index (Phi) is 4.09. The molecule has 0 spiro atoms. The number of carbonyl (C=O) groups excluding carboxylic acids is 1. The van der Waals surface area contributed by atoms with Gasteiger partial charge in [-0.3, -0.25) is 14.9 Å². The van der Waals surface area contributed by atoms with E-state index in [1.807, 2.05) is 0 Å². The number of phenolic OH excluding ortho intramolecular Hbond substituents is 2. The maximum absolute atomic E-state index is 12.2.